The molecule has 0 saturated carbocycles. The first kappa shape index (κ1) is 16.3. The van der Waals surface area contributed by atoms with Gasteiger partial charge >= 0.3 is 0 Å². The number of benzene rings is 2. The van der Waals surface area contributed by atoms with Crippen LogP contribution < -0.4 is 5.32 Å². The third-order valence-electron chi connectivity index (χ3n) is 3.14. The molecule has 2 aromatic carbocycles. The zero-order valence-electron chi connectivity index (χ0n) is 11.2. The van der Waals surface area contributed by atoms with Gasteiger partial charge in [0.15, 0.2) is 0 Å². The lowest BCUT2D eigenvalue weighted by atomic mass is 9.99. The quantitative estimate of drug-likeness (QED) is 0.568. The van der Waals surface area contributed by atoms with E-state index in [-0.39, 0.29) is 0 Å². The van der Waals surface area contributed by atoms with Crippen LogP contribution in [0.5, 0.6) is 0 Å². The largest absolute Gasteiger partial charge is 0.310 e. The predicted molar refractivity (Wildman–Crippen MR) is 98.4 cm³/mol. The lowest BCUT2D eigenvalue weighted by Gasteiger charge is -2.20. The number of likely N-dealkylation sites (N-methyl/N-ethyl adjacent to an activating group) is 1. The van der Waals surface area contributed by atoms with Crippen LogP contribution in [0.3, 0.4) is 0 Å². The molecular formula is C16H16BrClIN. The van der Waals surface area contributed by atoms with Gasteiger partial charge in [-0.05, 0) is 77.0 Å². The molecule has 0 heterocycles. The van der Waals surface area contributed by atoms with E-state index in [0.29, 0.717) is 6.04 Å². The molecule has 0 aliphatic heterocycles. The molecule has 1 nitrogen and oxygen atoms in total. The van der Waals surface area contributed by atoms with E-state index in [0.717, 1.165) is 22.5 Å². The summed E-state index contributed by atoms with van der Waals surface area (Å²) in [5.74, 6) is 0. The minimum atomic E-state index is 0.297. The summed E-state index contributed by atoms with van der Waals surface area (Å²) in [7, 11) is 0. The van der Waals surface area contributed by atoms with Crippen LogP contribution in [-0.2, 0) is 6.42 Å². The van der Waals surface area contributed by atoms with E-state index in [2.05, 4.69) is 81.1 Å². The zero-order chi connectivity index (χ0) is 14.5. The lowest BCUT2D eigenvalue weighted by molar-refractivity contribution is 0.547. The van der Waals surface area contributed by atoms with Gasteiger partial charge in [0.1, 0.15) is 0 Å². The number of hydrogen-bond acceptors (Lipinski definition) is 1. The topological polar surface area (TPSA) is 12.0 Å². The fourth-order valence-electron chi connectivity index (χ4n) is 2.18. The first-order chi connectivity index (χ1) is 9.60. The Kier molecular flexibility index (Phi) is 6.33. The van der Waals surface area contributed by atoms with Crippen molar-refractivity contribution in [2.75, 3.05) is 6.54 Å². The average molecular weight is 465 g/mol. The molecule has 2 rings (SSSR count). The van der Waals surface area contributed by atoms with Gasteiger partial charge in [0.2, 0.25) is 0 Å². The Morgan fingerprint density at radius 3 is 2.55 bits per heavy atom. The molecule has 0 aliphatic rings. The molecule has 0 aliphatic carbocycles. The number of nitrogens with one attached hydrogen (secondary N) is 1. The van der Waals surface area contributed by atoms with Gasteiger partial charge in [0, 0.05) is 19.1 Å². The summed E-state index contributed by atoms with van der Waals surface area (Å²) in [5.41, 5.74) is 2.58. The highest BCUT2D eigenvalue weighted by Gasteiger charge is 2.14. The van der Waals surface area contributed by atoms with Gasteiger partial charge in [-0.15, -0.1) is 0 Å². The molecule has 1 atom stereocenters. The van der Waals surface area contributed by atoms with E-state index in [9.17, 15) is 0 Å². The van der Waals surface area contributed by atoms with Crippen LogP contribution in [0, 0.1) is 3.57 Å². The van der Waals surface area contributed by atoms with E-state index in [1.165, 1.54) is 14.7 Å². The summed E-state index contributed by atoms with van der Waals surface area (Å²) < 4.78 is 2.40. The van der Waals surface area contributed by atoms with Crippen molar-refractivity contribution in [1.29, 1.82) is 0 Å². The minimum Gasteiger partial charge on any atom is -0.310 e. The van der Waals surface area contributed by atoms with Crippen LogP contribution >= 0.6 is 50.1 Å². The molecule has 1 N–H and O–H groups in total. The number of hydrogen-bond donors (Lipinski definition) is 1. The highest BCUT2D eigenvalue weighted by atomic mass is 127. The first-order valence-corrected chi connectivity index (χ1v) is 8.78. The Labute approximate surface area is 147 Å². The van der Waals surface area contributed by atoms with Crippen LogP contribution in [0.4, 0.5) is 0 Å². The highest BCUT2D eigenvalue weighted by molar-refractivity contribution is 14.1. The van der Waals surface area contributed by atoms with Crippen molar-refractivity contribution in [3.8, 4) is 0 Å². The molecule has 1 unspecified atom stereocenters. The Morgan fingerprint density at radius 2 is 1.90 bits per heavy atom. The third kappa shape index (κ3) is 4.45. The SMILES string of the molecule is CCNC(Cc1ccc(Cl)cc1)c1cc(I)ccc1Br. The molecule has 0 spiro atoms. The van der Waals surface area contributed by atoms with Crippen LogP contribution in [0.2, 0.25) is 5.02 Å². The lowest BCUT2D eigenvalue weighted by Crippen LogP contribution is -2.23. The molecule has 4 heteroatoms. The number of rotatable bonds is 5. The summed E-state index contributed by atoms with van der Waals surface area (Å²) in [4.78, 5) is 0. The molecule has 2 aromatic rings. The average Bonchev–Trinajstić information content (AvgIpc) is 2.43. The normalized spacial score (nSPS) is 12.4. The second kappa shape index (κ2) is 7.78. The third-order valence-corrected chi connectivity index (χ3v) is 4.78. The van der Waals surface area contributed by atoms with Crippen LogP contribution in [-0.4, -0.2) is 6.54 Å². The summed E-state index contributed by atoms with van der Waals surface area (Å²) >= 11 is 12.0. The molecular weight excluding hydrogens is 448 g/mol. The van der Waals surface area contributed by atoms with Gasteiger partial charge in [-0.1, -0.05) is 46.6 Å². The van der Waals surface area contributed by atoms with Crippen molar-refractivity contribution < 1.29 is 0 Å². The summed E-state index contributed by atoms with van der Waals surface area (Å²) in [6, 6.07) is 14.8. The van der Waals surface area contributed by atoms with Gasteiger partial charge in [-0.2, -0.15) is 0 Å². The zero-order valence-corrected chi connectivity index (χ0v) is 15.7. The van der Waals surface area contributed by atoms with Gasteiger partial charge in [0.25, 0.3) is 0 Å². The monoisotopic (exact) mass is 463 g/mol. The van der Waals surface area contributed by atoms with E-state index < -0.39 is 0 Å². The second-order valence-electron chi connectivity index (χ2n) is 4.61. The second-order valence-corrected chi connectivity index (χ2v) is 7.14. The molecule has 0 aromatic heterocycles. The molecule has 0 bridgehead atoms. The van der Waals surface area contributed by atoms with Gasteiger partial charge < -0.3 is 5.32 Å². The summed E-state index contributed by atoms with van der Waals surface area (Å²) in [6.45, 7) is 3.08. The van der Waals surface area contributed by atoms with Crippen molar-refractivity contribution in [3.63, 3.8) is 0 Å². The Balaban J connectivity index is 2.26. The highest BCUT2D eigenvalue weighted by Crippen LogP contribution is 2.28. The van der Waals surface area contributed by atoms with Gasteiger partial charge in [-0.25, -0.2) is 0 Å². The minimum absolute atomic E-state index is 0.297. The van der Waals surface area contributed by atoms with Crippen molar-refractivity contribution in [2.24, 2.45) is 0 Å². The maximum absolute atomic E-state index is 5.95. The Bertz CT molecular complexity index is 571. The van der Waals surface area contributed by atoms with E-state index >= 15 is 0 Å². The van der Waals surface area contributed by atoms with Crippen molar-refractivity contribution in [2.45, 2.75) is 19.4 Å². The van der Waals surface area contributed by atoms with Crippen LogP contribution in [0.25, 0.3) is 0 Å². The Morgan fingerprint density at radius 1 is 1.20 bits per heavy atom. The van der Waals surface area contributed by atoms with Crippen LogP contribution in [0.15, 0.2) is 46.9 Å². The molecule has 0 amide bonds. The van der Waals surface area contributed by atoms with Gasteiger partial charge in [0.05, 0.1) is 0 Å². The summed E-state index contributed by atoms with van der Waals surface area (Å²) in [6.07, 6.45) is 0.948. The molecule has 0 radical (unpaired) electrons. The first-order valence-electron chi connectivity index (χ1n) is 6.53. The molecule has 106 valence electrons. The maximum Gasteiger partial charge on any atom is 0.0406 e. The Hall–Kier alpha value is -0.100. The molecule has 0 fully saturated rings. The maximum atomic E-state index is 5.95. The fourth-order valence-corrected chi connectivity index (χ4v) is 3.34. The smallest absolute Gasteiger partial charge is 0.0406 e. The van der Waals surface area contributed by atoms with E-state index in [1.54, 1.807) is 0 Å². The fraction of sp³-hybridized carbons (Fsp3) is 0.250. The van der Waals surface area contributed by atoms with Crippen molar-refractivity contribution in [3.05, 3.63) is 66.7 Å². The number of halogens is 3. The van der Waals surface area contributed by atoms with Crippen molar-refractivity contribution >= 4 is 50.1 Å². The molecule has 20 heavy (non-hydrogen) atoms. The van der Waals surface area contributed by atoms with Crippen molar-refractivity contribution in [1.82, 2.24) is 5.32 Å². The van der Waals surface area contributed by atoms with Crippen LogP contribution in [0.1, 0.15) is 24.1 Å². The predicted octanol–water partition coefficient (Wildman–Crippen LogP) is 5.60. The standard InChI is InChI=1S/C16H16BrClIN/c1-2-20-16(9-11-3-5-12(18)6-4-11)14-10-13(19)7-8-15(14)17/h3-8,10,16,20H,2,9H2,1H3. The summed E-state index contributed by atoms with van der Waals surface area (Å²) in [5, 5.41) is 4.35. The molecule has 0 saturated heterocycles. The van der Waals surface area contributed by atoms with E-state index in [4.69, 9.17) is 11.6 Å². The van der Waals surface area contributed by atoms with Gasteiger partial charge in [-0.3, -0.25) is 0 Å². The van der Waals surface area contributed by atoms with E-state index in [1.807, 2.05) is 12.1 Å².